The molecule has 0 saturated carbocycles. The first-order chi connectivity index (χ1) is 9.59. The van der Waals surface area contributed by atoms with Crippen molar-refractivity contribution in [3.8, 4) is 0 Å². The van der Waals surface area contributed by atoms with E-state index in [1.165, 1.54) is 11.3 Å². The molecule has 0 aliphatic carbocycles. The van der Waals surface area contributed by atoms with Gasteiger partial charge in [-0.05, 0) is 18.6 Å². The fraction of sp³-hybridized carbons (Fsp3) is 0.214. The number of hydrogen-bond donors (Lipinski definition) is 1. The molecular weight excluding hydrogens is 260 g/mol. The number of amides is 1. The van der Waals surface area contributed by atoms with E-state index >= 15 is 0 Å². The summed E-state index contributed by atoms with van der Waals surface area (Å²) in [6.45, 7) is 1.65. The number of anilines is 1. The molecule has 102 valence electrons. The summed E-state index contributed by atoms with van der Waals surface area (Å²) in [6, 6.07) is 6.25. The molecule has 0 fully saturated rings. The van der Waals surface area contributed by atoms with Gasteiger partial charge in [-0.2, -0.15) is 0 Å². The smallest absolute Gasteiger partial charge is 0.327 e. The average molecular weight is 272 g/mol. The van der Waals surface area contributed by atoms with E-state index in [-0.39, 0.29) is 5.76 Å². The quantitative estimate of drug-likeness (QED) is 0.898. The van der Waals surface area contributed by atoms with Crippen LogP contribution in [0.2, 0.25) is 0 Å². The van der Waals surface area contributed by atoms with E-state index in [1.807, 2.05) is 12.1 Å². The summed E-state index contributed by atoms with van der Waals surface area (Å²) in [5, 5.41) is 9.33. The second kappa shape index (κ2) is 4.48. The third kappa shape index (κ3) is 1.77. The molecule has 0 radical (unpaired) electrons. The molecule has 6 nitrogen and oxygen atoms in total. The van der Waals surface area contributed by atoms with Crippen LogP contribution in [0.3, 0.4) is 0 Å². The van der Waals surface area contributed by atoms with Crippen molar-refractivity contribution in [3.05, 3.63) is 47.7 Å². The van der Waals surface area contributed by atoms with Crippen LogP contribution in [0.4, 0.5) is 5.69 Å². The van der Waals surface area contributed by atoms with Crippen LogP contribution < -0.4 is 4.90 Å². The Kier molecular flexibility index (Phi) is 2.78. The molecule has 1 N–H and O–H groups in total. The highest BCUT2D eigenvalue weighted by Crippen LogP contribution is 2.33. The minimum absolute atomic E-state index is 0.0768. The molecule has 2 heterocycles. The van der Waals surface area contributed by atoms with Gasteiger partial charge in [-0.3, -0.25) is 9.69 Å². The molecule has 20 heavy (non-hydrogen) atoms. The van der Waals surface area contributed by atoms with Gasteiger partial charge in [-0.1, -0.05) is 18.2 Å². The number of carboxylic acid groups (broad SMARTS) is 1. The number of carbonyl (C=O) groups is 2. The van der Waals surface area contributed by atoms with Gasteiger partial charge in [0.25, 0.3) is 5.91 Å². The van der Waals surface area contributed by atoms with Gasteiger partial charge in [0.2, 0.25) is 5.76 Å². The molecule has 1 aliphatic heterocycles. The zero-order valence-electron chi connectivity index (χ0n) is 10.7. The van der Waals surface area contributed by atoms with Crippen molar-refractivity contribution < 1.29 is 19.1 Å². The van der Waals surface area contributed by atoms with Gasteiger partial charge in [-0.25, -0.2) is 9.78 Å². The van der Waals surface area contributed by atoms with Crippen molar-refractivity contribution >= 4 is 17.6 Å². The molecular formula is C14H12N2O4. The first-order valence-electron chi connectivity index (χ1n) is 6.14. The maximum absolute atomic E-state index is 12.5. The first-order valence-corrected chi connectivity index (χ1v) is 6.14. The summed E-state index contributed by atoms with van der Waals surface area (Å²) in [5.74, 6) is -1.43. The van der Waals surface area contributed by atoms with Crippen LogP contribution in [0.5, 0.6) is 0 Å². The number of nitrogens with zero attached hydrogens (tertiary/aromatic N) is 2. The molecule has 3 rings (SSSR count). The summed E-state index contributed by atoms with van der Waals surface area (Å²) < 4.78 is 5.09. The first kappa shape index (κ1) is 12.4. The van der Waals surface area contributed by atoms with Crippen molar-refractivity contribution in [1.29, 1.82) is 0 Å². The van der Waals surface area contributed by atoms with Crippen LogP contribution in [0, 0.1) is 6.92 Å². The number of aliphatic carboxylic acids is 1. The van der Waals surface area contributed by atoms with Crippen LogP contribution in [0.1, 0.15) is 21.8 Å². The van der Waals surface area contributed by atoms with Crippen LogP contribution in [0.25, 0.3) is 0 Å². The highest BCUT2D eigenvalue weighted by molar-refractivity contribution is 6.09. The van der Waals surface area contributed by atoms with Crippen molar-refractivity contribution in [2.45, 2.75) is 19.4 Å². The van der Waals surface area contributed by atoms with Gasteiger partial charge < -0.3 is 9.52 Å². The lowest BCUT2D eigenvalue weighted by molar-refractivity contribution is -0.138. The standard InChI is InChI=1S/C14H12N2O4/c1-8-12(20-7-15-8)13(17)16-10-5-3-2-4-9(10)6-11(16)14(18)19/h2-5,7,11H,6H2,1H3,(H,18,19)/t11-/m0/s1. The Labute approximate surface area is 114 Å². The van der Waals surface area contributed by atoms with E-state index in [9.17, 15) is 14.7 Å². The van der Waals surface area contributed by atoms with Crippen LogP contribution in [0.15, 0.2) is 35.1 Å². The molecule has 0 unspecified atom stereocenters. The van der Waals surface area contributed by atoms with Crippen LogP contribution in [-0.2, 0) is 11.2 Å². The minimum Gasteiger partial charge on any atom is -0.480 e. The second-order valence-corrected chi connectivity index (χ2v) is 4.63. The van der Waals surface area contributed by atoms with Crippen molar-refractivity contribution in [2.24, 2.45) is 0 Å². The Morgan fingerprint density at radius 3 is 2.80 bits per heavy atom. The number of rotatable bonds is 2. The van der Waals surface area contributed by atoms with Gasteiger partial charge in [0, 0.05) is 12.1 Å². The zero-order chi connectivity index (χ0) is 14.3. The van der Waals surface area contributed by atoms with Gasteiger partial charge in [0.1, 0.15) is 6.04 Å². The molecule has 0 spiro atoms. The Balaban J connectivity index is 2.07. The van der Waals surface area contributed by atoms with Gasteiger partial charge >= 0.3 is 5.97 Å². The van der Waals surface area contributed by atoms with Crippen molar-refractivity contribution in [3.63, 3.8) is 0 Å². The number of fused-ring (bicyclic) bond motifs is 1. The summed E-state index contributed by atoms with van der Waals surface area (Å²) in [5.41, 5.74) is 1.90. The van der Waals surface area contributed by atoms with E-state index in [4.69, 9.17) is 4.42 Å². The van der Waals surface area contributed by atoms with Gasteiger partial charge in [-0.15, -0.1) is 0 Å². The molecule has 1 atom stereocenters. The number of hydrogen-bond acceptors (Lipinski definition) is 4. The Morgan fingerprint density at radius 1 is 1.40 bits per heavy atom. The van der Waals surface area contributed by atoms with E-state index in [0.717, 1.165) is 5.56 Å². The topological polar surface area (TPSA) is 83.6 Å². The number of oxazole rings is 1. The molecule has 1 aromatic carbocycles. The monoisotopic (exact) mass is 272 g/mol. The predicted molar refractivity (Wildman–Crippen MR) is 69.6 cm³/mol. The number of carboxylic acids is 1. The highest BCUT2D eigenvalue weighted by atomic mass is 16.4. The fourth-order valence-corrected chi connectivity index (χ4v) is 2.45. The van der Waals surface area contributed by atoms with E-state index in [0.29, 0.717) is 17.8 Å². The van der Waals surface area contributed by atoms with Crippen LogP contribution >= 0.6 is 0 Å². The number of benzene rings is 1. The molecule has 1 amide bonds. The van der Waals surface area contributed by atoms with Gasteiger partial charge in [0.15, 0.2) is 6.39 Å². The lowest BCUT2D eigenvalue weighted by Crippen LogP contribution is -2.43. The van der Waals surface area contributed by atoms with Crippen molar-refractivity contribution in [2.75, 3.05) is 4.90 Å². The third-order valence-corrected chi connectivity index (χ3v) is 3.42. The molecule has 1 aliphatic rings. The zero-order valence-corrected chi connectivity index (χ0v) is 10.7. The summed E-state index contributed by atoms with van der Waals surface area (Å²) in [7, 11) is 0. The second-order valence-electron chi connectivity index (χ2n) is 4.63. The number of aryl methyl sites for hydroxylation is 1. The molecule has 2 aromatic rings. The largest absolute Gasteiger partial charge is 0.480 e. The highest BCUT2D eigenvalue weighted by Gasteiger charge is 2.40. The third-order valence-electron chi connectivity index (χ3n) is 3.42. The predicted octanol–water partition coefficient (Wildman–Crippen LogP) is 1.64. The lowest BCUT2D eigenvalue weighted by Gasteiger charge is -2.21. The molecule has 1 aromatic heterocycles. The lowest BCUT2D eigenvalue weighted by atomic mass is 10.1. The summed E-state index contributed by atoms with van der Waals surface area (Å²) in [6.07, 6.45) is 1.48. The maximum Gasteiger partial charge on any atom is 0.327 e. The Morgan fingerprint density at radius 2 is 2.15 bits per heavy atom. The fourth-order valence-electron chi connectivity index (χ4n) is 2.45. The molecule has 6 heteroatoms. The van der Waals surface area contributed by atoms with Crippen molar-refractivity contribution in [1.82, 2.24) is 4.98 Å². The van der Waals surface area contributed by atoms with E-state index < -0.39 is 17.9 Å². The minimum atomic E-state index is -1.04. The summed E-state index contributed by atoms with van der Waals surface area (Å²) in [4.78, 5) is 29.1. The van der Waals surface area contributed by atoms with E-state index in [1.54, 1.807) is 19.1 Å². The summed E-state index contributed by atoms with van der Waals surface area (Å²) >= 11 is 0. The molecule has 0 saturated heterocycles. The SMILES string of the molecule is Cc1ncoc1C(=O)N1c2ccccc2C[C@H]1C(=O)O. The normalized spacial score (nSPS) is 17.1. The van der Waals surface area contributed by atoms with Gasteiger partial charge in [0.05, 0.1) is 5.69 Å². The average Bonchev–Trinajstić information content (AvgIpc) is 3.01. The van der Waals surface area contributed by atoms with E-state index in [2.05, 4.69) is 4.98 Å². The maximum atomic E-state index is 12.5. The number of para-hydroxylation sites is 1. The molecule has 0 bridgehead atoms. The van der Waals surface area contributed by atoms with Crippen LogP contribution in [-0.4, -0.2) is 28.0 Å². The Hall–Kier alpha value is -2.63. The number of aromatic nitrogens is 1. The Bertz CT molecular complexity index is 692. The number of carbonyl (C=O) groups excluding carboxylic acids is 1.